The molecule has 6 rings (SSSR count). The zero-order valence-corrected chi connectivity index (χ0v) is 20.7. The van der Waals surface area contributed by atoms with Crippen molar-refractivity contribution in [2.75, 3.05) is 20.1 Å². The number of hydrogen-bond acceptors (Lipinski definition) is 4. The van der Waals surface area contributed by atoms with E-state index in [-0.39, 0.29) is 11.4 Å². The largest absolute Gasteiger partial charge is 0.350 e. The quantitative estimate of drug-likeness (QED) is 0.318. The maximum atomic E-state index is 15.8. The first-order chi connectivity index (χ1) is 17.9. The van der Waals surface area contributed by atoms with Gasteiger partial charge in [-0.05, 0) is 74.8 Å². The number of nitriles is 1. The molecule has 1 fully saturated rings. The van der Waals surface area contributed by atoms with E-state index in [4.69, 9.17) is 9.97 Å². The minimum absolute atomic E-state index is 0.0462. The molecular formula is C29H26F2N6. The molecule has 0 atom stereocenters. The molecule has 0 amide bonds. The molecule has 0 saturated carbocycles. The Labute approximate surface area is 213 Å². The number of imidazole rings is 1. The first-order valence-electron chi connectivity index (χ1n) is 12.4. The molecule has 0 spiro atoms. The van der Waals surface area contributed by atoms with Gasteiger partial charge in [0.25, 0.3) is 0 Å². The smallest absolute Gasteiger partial charge is 0.141 e. The molecule has 1 saturated heterocycles. The van der Waals surface area contributed by atoms with Crippen LogP contribution < -0.4 is 0 Å². The standard InChI is InChI=1S/C29H26F2N6/c1-35-10-7-18(8-11-35)16-37-17-34-29-25(37)15-33-28(26(29)19-3-4-20(14-32)23(30)13-19)22-5-6-24-21(27(22)31)9-12-36(24)2/h3-6,9,12-13,15,17-18H,7-8,10-11,16H2,1-2H3. The Morgan fingerprint density at radius 1 is 1.03 bits per heavy atom. The zero-order chi connectivity index (χ0) is 25.7. The van der Waals surface area contributed by atoms with Gasteiger partial charge < -0.3 is 14.0 Å². The number of benzene rings is 2. The summed E-state index contributed by atoms with van der Waals surface area (Å²) >= 11 is 0. The van der Waals surface area contributed by atoms with Crippen LogP contribution >= 0.6 is 0 Å². The van der Waals surface area contributed by atoms with Crippen LogP contribution in [-0.4, -0.2) is 44.1 Å². The van der Waals surface area contributed by atoms with Gasteiger partial charge in [0.15, 0.2) is 0 Å². The molecule has 0 bridgehead atoms. The first kappa shape index (κ1) is 23.3. The summed E-state index contributed by atoms with van der Waals surface area (Å²) in [6, 6.07) is 11.6. The highest BCUT2D eigenvalue weighted by Gasteiger charge is 2.23. The molecule has 37 heavy (non-hydrogen) atoms. The lowest BCUT2D eigenvalue weighted by atomic mass is 9.95. The molecule has 3 aromatic heterocycles. The van der Waals surface area contributed by atoms with Gasteiger partial charge in [-0.2, -0.15) is 5.26 Å². The summed E-state index contributed by atoms with van der Waals surface area (Å²) in [5.41, 5.74) is 3.96. The average Bonchev–Trinajstić information content (AvgIpc) is 3.49. The number of rotatable bonds is 4. The third-order valence-electron chi connectivity index (χ3n) is 7.60. The van der Waals surface area contributed by atoms with Gasteiger partial charge in [-0.15, -0.1) is 0 Å². The lowest BCUT2D eigenvalue weighted by Gasteiger charge is -2.29. The van der Waals surface area contributed by atoms with E-state index >= 15 is 4.39 Å². The number of pyridine rings is 1. The molecule has 5 aromatic rings. The molecule has 2 aromatic carbocycles. The van der Waals surface area contributed by atoms with Crippen molar-refractivity contribution in [2.24, 2.45) is 13.0 Å². The second-order valence-electron chi connectivity index (χ2n) is 9.95. The van der Waals surface area contributed by atoms with Crippen molar-refractivity contribution in [1.29, 1.82) is 5.26 Å². The van der Waals surface area contributed by atoms with Crippen LogP contribution in [0.25, 0.3) is 44.3 Å². The average molecular weight is 497 g/mol. The van der Waals surface area contributed by atoms with E-state index in [0.29, 0.717) is 39.2 Å². The van der Waals surface area contributed by atoms with Crippen LogP contribution in [0.2, 0.25) is 0 Å². The molecule has 0 aliphatic carbocycles. The number of halogens is 2. The lowest BCUT2D eigenvalue weighted by molar-refractivity contribution is 0.206. The molecule has 4 heterocycles. The van der Waals surface area contributed by atoms with E-state index in [2.05, 4.69) is 16.5 Å². The van der Waals surface area contributed by atoms with Crippen molar-refractivity contribution in [1.82, 2.24) is 24.0 Å². The number of likely N-dealkylation sites (tertiary alicyclic amines) is 1. The first-order valence-corrected chi connectivity index (χ1v) is 12.4. The molecule has 0 radical (unpaired) electrons. The van der Waals surface area contributed by atoms with Gasteiger partial charge in [0.1, 0.15) is 23.2 Å². The number of fused-ring (bicyclic) bond motifs is 2. The predicted molar refractivity (Wildman–Crippen MR) is 140 cm³/mol. The summed E-state index contributed by atoms with van der Waals surface area (Å²) in [7, 11) is 4.01. The predicted octanol–water partition coefficient (Wildman–Crippen LogP) is 5.75. The highest BCUT2D eigenvalue weighted by molar-refractivity contribution is 6.00. The third-order valence-corrected chi connectivity index (χ3v) is 7.60. The van der Waals surface area contributed by atoms with Crippen LogP contribution in [0, 0.1) is 28.9 Å². The van der Waals surface area contributed by atoms with Gasteiger partial charge >= 0.3 is 0 Å². The number of aryl methyl sites for hydroxylation is 1. The topological polar surface area (TPSA) is 62.7 Å². The van der Waals surface area contributed by atoms with Crippen molar-refractivity contribution < 1.29 is 8.78 Å². The molecule has 6 nitrogen and oxygen atoms in total. The third kappa shape index (κ3) is 3.96. The van der Waals surface area contributed by atoms with Crippen LogP contribution in [0.15, 0.2) is 55.1 Å². The minimum Gasteiger partial charge on any atom is -0.350 e. The van der Waals surface area contributed by atoms with Crippen LogP contribution in [0.1, 0.15) is 18.4 Å². The Morgan fingerprint density at radius 2 is 1.84 bits per heavy atom. The van der Waals surface area contributed by atoms with Crippen LogP contribution in [-0.2, 0) is 13.6 Å². The van der Waals surface area contributed by atoms with Gasteiger partial charge in [-0.3, -0.25) is 4.98 Å². The summed E-state index contributed by atoms with van der Waals surface area (Å²) < 4.78 is 34.5. The fourth-order valence-corrected chi connectivity index (χ4v) is 5.43. The van der Waals surface area contributed by atoms with Gasteiger partial charge in [-0.1, -0.05) is 6.07 Å². The molecular weight excluding hydrogens is 470 g/mol. The number of aromatic nitrogens is 4. The highest BCUT2D eigenvalue weighted by atomic mass is 19.1. The van der Waals surface area contributed by atoms with Gasteiger partial charge in [0, 0.05) is 36.3 Å². The SMILES string of the molecule is CN1CCC(Cn2cnc3c(-c4ccc(C#N)c(F)c4)c(-c4ccc5c(ccn5C)c4F)ncc32)CC1. The molecule has 186 valence electrons. The molecule has 0 N–H and O–H groups in total. The maximum Gasteiger partial charge on any atom is 0.141 e. The van der Waals surface area contributed by atoms with Crippen LogP contribution in [0.5, 0.6) is 0 Å². The summed E-state index contributed by atoms with van der Waals surface area (Å²) in [4.78, 5) is 11.8. The van der Waals surface area contributed by atoms with Crippen LogP contribution in [0.3, 0.4) is 0 Å². The lowest BCUT2D eigenvalue weighted by Crippen LogP contribution is -2.31. The van der Waals surface area contributed by atoms with Crippen molar-refractivity contribution in [3.63, 3.8) is 0 Å². The zero-order valence-electron chi connectivity index (χ0n) is 20.7. The highest BCUT2D eigenvalue weighted by Crippen LogP contribution is 2.39. The van der Waals surface area contributed by atoms with Crippen molar-refractivity contribution in [3.8, 4) is 28.5 Å². The summed E-state index contributed by atoms with van der Waals surface area (Å²) in [5, 5.41) is 9.72. The normalized spacial score (nSPS) is 15.0. The number of hydrogen-bond donors (Lipinski definition) is 0. The Hall–Kier alpha value is -4.09. The maximum absolute atomic E-state index is 15.8. The van der Waals surface area contributed by atoms with E-state index in [9.17, 15) is 9.65 Å². The molecule has 8 heteroatoms. The summed E-state index contributed by atoms with van der Waals surface area (Å²) in [5.74, 6) is -0.485. The fraction of sp³-hybridized carbons (Fsp3) is 0.276. The fourth-order valence-electron chi connectivity index (χ4n) is 5.43. The van der Waals surface area contributed by atoms with Crippen LogP contribution in [0.4, 0.5) is 8.78 Å². The summed E-state index contributed by atoms with van der Waals surface area (Å²) in [6.45, 7) is 2.95. The molecule has 1 aliphatic rings. The minimum atomic E-state index is -0.632. The van der Waals surface area contributed by atoms with E-state index in [1.807, 2.05) is 29.9 Å². The van der Waals surface area contributed by atoms with Crippen molar-refractivity contribution in [3.05, 3.63) is 72.3 Å². The number of nitrogens with zero attached hydrogens (tertiary/aromatic N) is 6. The second-order valence-corrected chi connectivity index (χ2v) is 9.95. The van der Waals surface area contributed by atoms with Crippen molar-refractivity contribution in [2.45, 2.75) is 19.4 Å². The van der Waals surface area contributed by atoms with E-state index < -0.39 is 5.82 Å². The Balaban J connectivity index is 1.54. The molecule has 0 unspecified atom stereocenters. The van der Waals surface area contributed by atoms with Gasteiger partial charge in [0.2, 0.25) is 0 Å². The number of piperidine rings is 1. The Morgan fingerprint density at radius 3 is 2.59 bits per heavy atom. The van der Waals surface area contributed by atoms with E-state index in [0.717, 1.165) is 43.5 Å². The summed E-state index contributed by atoms with van der Waals surface area (Å²) in [6.07, 6.45) is 7.57. The van der Waals surface area contributed by atoms with Gasteiger partial charge in [-0.25, -0.2) is 13.8 Å². The Kier molecular flexibility index (Phi) is 5.73. The van der Waals surface area contributed by atoms with E-state index in [1.54, 1.807) is 30.7 Å². The van der Waals surface area contributed by atoms with E-state index in [1.165, 1.54) is 12.1 Å². The van der Waals surface area contributed by atoms with Gasteiger partial charge in [0.05, 0.1) is 34.8 Å². The Bertz CT molecular complexity index is 1680. The second kappa shape index (κ2) is 9.09. The monoisotopic (exact) mass is 496 g/mol. The molecule has 1 aliphatic heterocycles. The van der Waals surface area contributed by atoms with Crippen molar-refractivity contribution >= 4 is 21.9 Å².